The van der Waals surface area contributed by atoms with Gasteiger partial charge in [-0.05, 0) is 48.3 Å². The van der Waals surface area contributed by atoms with Crippen molar-refractivity contribution in [2.75, 3.05) is 6.61 Å². The van der Waals surface area contributed by atoms with Crippen LogP contribution in [0.2, 0.25) is 5.02 Å². The van der Waals surface area contributed by atoms with Crippen LogP contribution in [0.1, 0.15) is 32.4 Å². The number of carbonyl (C=O) groups is 1. The Morgan fingerprint density at radius 3 is 2.65 bits per heavy atom. The van der Waals surface area contributed by atoms with Gasteiger partial charge in [-0.1, -0.05) is 17.7 Å². The van der Waals surface area contributed by atoms with Crippen molar-refractivity contribution in [1.29, 1.82) is 0 Å². The minimum Gasteiger partial charge on any atom is -0.444 e. The topological polar surface area (TPSA) is 58.6 Å². The Bertz CT molecular complexity index is 505. The number of hydrogen-bond donors (Lipinski definition) is 2. The van der Waals surface area contributed by atoms with Crippen molar-refractivity contribution in [1.82, 2.24) is 5.32 Å². The molecule has 0 heterocycles. The number of hydrogen-bond acceptors (Lipinski definition) is 3. The number of carbonyl (C=O) groups excluding carboxylic acids is 1. The summed E-state index contributed by atoms with van der Waals surface area (Å²) in [6, 6.07) is 2.08. The summed E-state index contributed by atoms with van der Waals surface area (Å²) in [6.07, 6.45) is -0.696. The van der Waals surface area contributed by atoms with Crippen LogP contribution >= 0.6 is 27.5 Å². The van der Waals surface area contributed by atoms with E-state index < -0.39 is 30.2 Å². The lowest BCUT2D eigenvalue weighted by molar-refractivity contribution is 0.0481. The maximum atomic E-state index is 13.7. The molecule has 1 aromatic carbocycles. The zero-order chi connectivity index (χ0) is 15.5. The second-order valence-electron chi connectivity index (χ2n) is 5.15. The van der Waals surface area contributed by atoms with Gasteiger partial charge < -0.3 is 15.2 Å². The van der Waals surface area contributed by atoms with E-state index in [2.05, 4.69) is 21.2 Å². The Balaban J connectivity index is 2.92. The summed E-state index contributed by atoms with van der Waals surface area (Å²) < 4.78 is 18.9. The van der Waals surface area contributed by atoms with E-state index in [0.717, 1.165) is 0 Å². The zero-order valence-electron chi connectivity index (χ0n) is 11.3. The van der Waals surface area contributed by atoms with E-state index in [4.69, 9.17) is 16.3 Å². The molecule has 0 spiro atoms. The number of rotatable bonds is 3. The Kier molecular flexibility index (Phi) is 5.79. The van der Waals surface area contributed by atoms with Crippen LogP contribution in [0.25, 0.3) is 0 Å². The average Bonchev–Trinajstić information content (AvgIpc) is 2.32. The zero-order valence-corrected chi connectivity index (χ0v) is 13.7. The Morgan fingerprint density at radius 1 is 1.55 bits per heavy atom. The third-order valence-corrected chi connectivity index (χ3v) is 3.41. The molecule has 0 fully saturated rings. The minimum absolute atomic E-state index is 0.0467. The predicted octanol–water partition coefficient (Wildman–Crippen LogP) is 3.80. The van der Waals surface area contributed by atoms with Gasteiger partial charge in [0.15, 0.2) is 5.82 Å². The molecule has 0 bridgehead atoms. The highest BCUT2D eigenvalue weighted by molar-refractivity contribution is 9.10. The molecule has 1 rings (SSSR count). The van der Waals surface area contributed by atoms with Gasteiger partial charge in [0.25, 0.3) is 0 Å². The van der Waals surface area contributed by atoms with Crippen molar-refractivity contribution in [3.05, 3.63) is 33.0 Å². The van der Waals surface area contributed by atoms with Crippen LogP contribution < -0.4 is 5.32 Å². The van der Waals surface area contributed by atoms with Crippen molar-refractivity contribution in [3.63, 3.8) is 0 Å². The minimum atomic E-state index is -0.800. The molecule has 1 aromatic rings. The fourth-order valence-corrected chi connectivity index (χ4v) is 2.38. The largest absolute Gasteiger partial charge is 0.444 e. The van der Waals surface area contributed by atoms with E-state index in [0.29, 0.717) is 5.56 Å². The standard InChI is InChI=1S/C13H16BrClFNO3/c1-13(2,3)20-12(19)17-9(6-18)7-4-5-8(15)11(16)10(7)14/h4-5,9,18H,6H2,1-3H3,(H,17,19)/t9-/m0/s1. The molecule has 0 aliphatic carbocycles. The number of nitrogens with one attached hydrogen (secondary N) is 1. The molecule has 1 atom stereocenters. The second-order valence-corrected chi connectivity index (χ2v) is 6.35. The monoisotopic (exact) mass is 367 g/mol. The Labute approximate surface area is 130 Å². The molecule has 0 aromatic heterocycles. The molecule has 0 saturated heterocycles. The molecule has 2 N–H and O–H groups in total. The van der Waals surface area contributed by atoms with E-state index in [-0.39, 0.29) is 9.50 Å². The molecule has 0 unspecified atom stereocenters. The van der Waals surface area contributed by atoms with Gasteiger partial charge in [-0.2, -0.15) is 0 Å². The lowest BCUT2D eigenvalue weighted by atomic mass is 10.1. The van der Waals surface area contributed by atoms with Gasteiger partial charge in [0.1, 0.15) is 5.60 Å². The van der Waals surface area contributed by atoms with Crippen molar-refractivity contribution < 1.29 is 19.0 Å². The quantitative estimate of drug-likeness (QED) is 0.798. The summed E-state index contributed by atoms with van der Waals surface area (Å²) in [5.41, 5.74) is -0.285. The van der Waals surface area contributed by atoms with Crippen LogP contribution in [-0.2, 0) is 4.74 Å². The van der Waals surface area contributed by atoms with Gasteiger partial charge in [-0.3, -0.25) is 0 Å². The lowest BCUT2D eigenvalue weighted by Gasteiger charge is -2.23. The van der Waals surface area contributed by atoms with Gasteiger partial charge in [0.05, 0.1) is 22.1 Å². The molecule has 0 saturated carbocycles. The summed E-state index contributed by atoms with van der Waals surface area (Å²) in [5.74, 6) is -0.645. The highest BCUT2D eigenvalue weighted by Gasteiger charge is 2.23. The summed E-state index contributed by atoms with van der Waals surface area (Å²) in [6.45, 7) is 4.76. The van der Waals surface area contributed by atoms with Gasteiger partial charge in [0, 0.05) is 0 Å². The van der Waals surface area contributed by atoms with Gasteiger partial charge >= 0.3 is 6.09 Å². The molecule has 20 heavy (non-hydrogen) atoms. The third-order valence-electron chi connectivity index (χ3n) is 2.31. The first-order chi connectivity index (χ1) is 9.15. The fraction of sp³-hybridized carbons (Fsp3) is 0.462. The van der Waals surface area contributed by atoms with Crippen LogP contribution in [0.4, 0.5) is 9.18 Å². The molecule has 1 amide bonds. The smallest absolute Gasteiger partial charge is 0.408 e. The first-order valence-corrected chi connectivity index (χ1v) is 7.06. The SMILES string of the molecule is CC(C)(C)OC(=O)N[C@@H](CO)c1ccc(Cl)c(F)c1Br. The van der Waals surface area contributed by atoms with E-state index >= 15 is 0 Å². The molecule has 0 aliphatic heterocycles. The molecular weight excluding hydrogens is 353 g/mol. The highest BCUT2D eigenvalue weighted by atomic mass is 79.9. The van der Waals surface area contributed by atoms with Gasteiger partial charge in [-0.15, -0.1) is 0 Å². The van der Waals surface area contributed by atoms with Crippen LogP contribution in [0.3, 0.4) is 0 Å². The fourth-order valence-electron chi connectivity index (χ4n) is 1.48. The van der Waals surface area contributed by atoms with E-state index in [1.807, 2.05) is 0 Å². The third kappa shape index (κ3) is 4.61. The number of alkyl carbamates (subject to hydrolysis) is 1. The lowest BCUT2D eigenvalue weighted by Crippen LogP contribution is -2.36. The number of aliphatic hydroxyl groups excluding tert-OH is 1. The first kappa shape index (κ1) is 17.2. The van der Waals surface area contributed by atoms with Crippen molar-refractivity contribution in [2.45, 2.75) is 32.4 Å². The van der Waals surface area contributed by atoms with E-state index in [9.17, 15) is 14.3 Å². The number of aliphatic hydroxyl groups is 1. The van der Waals surface area contributed by atoms with Gasteiger partial charge in [0.2, 0.25) is 0 Å². The normalized spacial score (nSPS) is 12.9. The second kappa shape index (κ2) is 6.74. The van der Waals surface area contributed by atoms with Gasteiger partial charge in [-0.25, -0.2) is 9.18 Å². The average molecular weight is 369 g/mol. The molecule has 0 aliphatic rings. The highest BCUT2D eigenvalue weighted by Crippen LogP contribution is 2.30. The van der Waals surface area contributed by atoms with Crippen LogP contribution in [-0.4, -0.2) is 23.4 Å². The summed E-state index contributed by atoms with van der Waals surface area (Å²) in [5, 5.41) is 11.8. The maximum absolute atomic E-state index is 13.7. The maximum Gasteiger partial charge on any atom is 0.408 e. The van der Waals surface area contributed by atoms with Crippen LogP contribution in [0.15, 0.2) is 16.6 Å². The molecular formula is C13H16BrClFNO3. The Morgan fingerprint density at radius 2 is 2.15 bits per heavy atom. The summed E-state index contributed by atoms with van der Waals surface area (Å²) in [4.78, 5) is 11.7. The number of amides is 1. The molecule has 0 radical (unpaired) electrons. The van der Waals surface area contributed by atoms with Crippen LogP contribution in [0, 0.1) is 5.82 Å². The first-order valence-electron chi connectivity index (χ1n) is 5.89. The molecule has 4 nitrogen and oxygen atoms in total. The number of halogens is 3. The molecule has 7 heteroatoms. The number of ether oxygens (including phenoxy) is 1. The molecule has 112 valence electrons. The summed E-state index contributed by atoms with van der Waals surface area (Å²) in [7, 11) is 0. The Hall–Kier alpha value is -0.850. The van der Waals surface area contributed by atoms with Crippen molar-refractivity contribution in [2.24, 2.45) is 0 Å². The summed E-state index contributed by atoms with van der Waals surface area (Å²) >= 11 is 8.71. The van der Waals surface area contributed by atoms with E-state index in [1.54, 1.807) is 20.8 Å². The van der Waals surface area contributed by atoms with Crippen molar-refractivity contribution in [3.8, 4) is 0 Å². The van der Waals surface area contributed by atoms with Crippen molar-refractivity contribution >= 4 is 33.6 Å². The van der Waals surface area contributed by atoms with Crippen LogP contribution in [0.5, 0.6) is 0 Å². The predicted molar refractivity (Wildman–Crippen MR) is 78.3 cm³/mol. The van der Waals surface area contributed by atoms with E-state index in [1.165, 1.54) is 12.1 Å². The number of benzene rings is 1.